The first-order chi connectivity index (χ1) is 15.4. The van der Waals surface area contributed by atoms with Gasteiger partial charge in [0.25, 0.3) is 0 Å². The van der Waals surface area contributed by atoms with Gasteiger partial charge in [0.05, 0.1) is 19.3 Å². The maximum Gasteiger partial charge on any atom is 0.328 e. The number of carboxylic acids is 1. The van der Waals surface area contributed by atoms with E-state index in [1.165, 1.54) is 31.3 Å². The molecule has 1 aromatic heterocycles. The number of hydrogen-bond acceptors (Lipinski definition) is 5. The molecule has 0 saturated heterocycles. The molecule has 2 amide bonds. The highest BCUT2D eigenvalue weighted by Gasteiger charge is 2.52. The smallest absolute Gasteiger partial charge is 0.328 e. The fourth-order valence-electron chi connectivity index (χ4n) is 6.54. The number of nitrogens with one attached hydrogen (secondary N) is 1. The maximum absolute atomic E-state index is 13.7. The highest BCUT2D eigenvalue weighted by Crippen LogP contribution is 2.55. The average molecular weight is 444 g/mol. The number of carboxylic acid groups (broad SMARTS) is 1. The molecule has 4 fully saturated rings. The Bertz CT molecular complexity index is 808. The number of aliphatic carboxylic acids is 1. The first kappa shape index (κ1) is 22.6. The number of rotatable bonds is 9. The van der Waals surface area contributed by atoms with E-state index >= 15 is 0 Å². The predicted octanol–water partition coefficient (Wildman–Crippen LogP) is 3.36. The summed E-state index contributed by atoms with van der Waals surface area (Å²) in [5, 5.41) is 12.4. The Morgan fingerprint density at radius 3 is 2.38 bits per heavy atom. The molecule has 32 heavy (non-hydrogen) atoms. The molecule has 4 aliphatic carbocycles. The lowest BCUT2D eigenvalue weighted by Gasteiger charge is -2.57. The number of urea groups is 1. The van der Waals surface area contributed by atoms with Crippen molar-refractivity contribution in [1.29, 1.82) is 0 Å². The van der Waals surface area contributed by atoms with Gasteiger partial charge in [-0.3, -0.25) is 9.78 Å². The molecule has 4 saturated carbocycles. The van der Waals surface area contributed by atoms with Crippen LogP contribution >= 0.6 is 0 Å². The molecule has 0 aliphatic heterocycles. The molecule has 5 rings (SSSR count). The van der Waals surface area contributed by atoms with Gasteiger partial charge in [-0.1, -0.05) is 6.07 Å². The Morgan fingerprint density at radius 2 is 1.84 bits per heavy atom. The van der Waals surface area contributed by atoms with Crippen LogP contribution in [0.25, 0.3) is 0 Å². The predicted molar refractivity (Wildman–Crippen MR) is 117 cm³/mol. The molecule has 174 valence electrons. The Kier molecular flexibility index (Phi) is 6.67. The van der Waals surface area contributed by atoms with Crippen LogP contribution in [0.5, 0.6) is 0 Å². The molecule has 1 unspecified atom stereocenters. The second kappa shape index (κ2) is 9.46. The van der Waals surface area contributed by atoms with Gasteiger partial charge in [-0.2, -0.15) is 0 Å². The van der Waals surface area contributed by atoms with E-state index in [2.05, 4.69) is 10.3 Å². The quantitative estimate of drug-likeness (QED) is 0.567. The van der Waals surface area contributed by atoms with Crippen molar-refractivity contribution < 1.29 is 24.2 Å². The Morgan fingerprint density at radius 1 is 1.19 bits per heavy atom. The van der Waals surface area contributed by atoms with Crippen molar-refractivity contribution in [3.8, 4) is 0 Å². The van der Waals surface area contributed by atoms with Gasteiger partial charge in [0.15, 0.2) is 0 Å². The summed E-state index contributed by atoms with van der Waals surface area (Å²) in [6.45, 7) is 0.159. The normalized spacial score (nSPS) is 28.7. The lowest BCUT2D eigenvalue weighted by Crippen LogP contribution is -2.63. The topological polar surface area (TPSA) is 109 Å². The molecule has 0 aromatic carbocycles. The zero-order chi connectivity index (χ0) is 22.7. The van der Waals surface area contributed by atoms with Crippen molar-refractivity contribution in [3.05, 3.63) is 30.1 Å². The van der Waals surface area contributed by atoms with E-state index in [1.807, 2.05) is 12.1 Å². The van der Waals surface area contributed by atoms with Gasteiger partial charge >= 0.3 is 18.0 Å². The molecule has 0 spiro atoms. The summed E-state index contributed by atoms with van der Waals surface area (Å²) < 4.78 is 5.00. The molecule has 1 heterocycles. The Labute approximate surface area is 188 Å². The molecule has 0 radical (unpaired) electrons. The summed E-state index contributed by atoms with van der Waals surface area (Å²) in [4.78, 5) is 43.2. The lowest BCUT2D eigenvalue weighted by atomic mass is 9.53. The standard InChI is InChI=1S/C24H33N3O5/c1-32-22(30)20(6-4-7-21(28)29)27(15-19-5-2-3-8-25-19)23(31)26-24-12-16-9-17(13-24)11-18(10-16)14-24/h2-3,5,8,16-18,20H,4,6-7,9-15H2,1H3,(H,26,31)(H,28,29). The van der Waals surface area contributed by atoms with Crippen molar-refractivity contribution in [2.45, 2.75) is 75.9 Å². The Hall–Kier alpha value is -2.64. The molecule has 4 aliphatic rings. The largest absolute Gasteiger partial charge is 0.481 e. The number of aromatic nitrogens is 1. The molecule has 8 heteroatoms. The van der Waals surface area contributed by atoms with Crippen LogP contribution < -0.4 is 5.32 Å². The molecule has 1 aromatic rings. The lowest BCUT2D eigenvalue weighted by molar-refractivity contribution is -0.147. The van der Waals surface area contributed by atoms with E-state index in [0.29, 0.717) is 23.4 Å². The number of pyridine rings is 1. The highest BCUT2D eigenvalue weighted by molar-refractivity contribution is 5.84. The minimum atomic E-state index is -0.928. The van der Waals surface area contributed by atoms with Crippen molar-refractivity contribution >= 4 is 18.0 Å². The van der Waals surface area contributed by atoms with Gasteiger partial charge in [0.1, 0.15) is 6.04 Å². The fraction of sp³-hybridized carbons (Fsp3) is 0.667. The minimum Gasteiger partial charge on any atom is -0.481 e. The third-order valence-electron chi connectivity index (χ3n) is 7.45. The monoisotopic (exact) mass is 443 g/mol. The first-order valence-corrected chi connectivity index (χ1v) is 11.7. The minimum absolute atomic E-state index is 0.0679. The second-order valence-corrected chi connectivity index (χ2v) is 9.90. The van der Waals surface area contributed by atoms with Gasteiger partial charge in [-0.05, 0) is 81.3 Å². The summed E-state index contributed by atoms with van der Waals surface area (Å²) in [6.07, 6.45) is 8.91. The van der Waals surface area contributed by atoms with Gasteiger partial charge in [-0.25, -0.2) is 9.59 Å². The number of carbonyl (C=O) groups excluding carboxylic acids is 2. The zero-order valence-corrected chi connectivity index (χ0v) is 18.7. The van der Waals surface area contributed by atoms with Gasteiger partial charge in [-0.15, -0.1) is 0 Å². The molecule has 8 nitrogen and oxygen atoms in total. The van der Waals surface area contributed by atoms with Crippen LogP contribution in [0.15, 0.2) is 24.4 Å². The number of carbonyl (C=O) groups is 3. The summed E-state index contributed by atoms with van der Waals surface area (Å²) in [6, 6.07) is 4.30. The van der Waals surface area contributed by atoms with Crippen LogP contribution in [0.3, 0.4) is 0 Å². The van der Waals surface area contributed by atoms with Crippen molar-refractivity contribution in [3.63, 3.8) is 0 Å². The maximum atomic E-state index is 13.7. The van der Waals surface area contributed by atoms with E-state index in [4.69, 9.17) is 9.84 Å². The summed E-state index contributed by atoms with van der Waals surface area (Å²) in [5.74, 6) is 0.572. The SMILES string of the molecule is COC(=O)C(CCCC(=O)O)N(Cc1ccccn1)C(=O)NC12CC3CC(CC(C3)C1)C2. The number of amides is 2. The van der Waals surface area contributed by atoms with Crippen molar-refractivity contribution in [2.75, 3.05) is 7.11 Å². The van der Waals surface area contributed by atoms with Gasteiger partial charge in [0.2, 0.25) is 0 Å². The van der Waals surface area contributed by atoms with E-state index in [9.17, 15) is 14.4 Å². The van der Waals surface area contributed by atoms with Gasteiger partial charge in [0, 0.05) is 18.2 Å². The zero-order valence-electron chi connectivity index (χ0n) is 18.7. The number of hydrogen-bond donors (Lipinski definition) is 2. The number of nitrogens with zero attached hydrogens (tertiary/aromatic N) is 2. The van der Waals surface area contributed by atoms with E-state index in [-0.39, 0.29) is 37.4 Å². The molecular formula is C24H33N3O5. The first-order valence-electron chi connectivity index (χ1n) is 11.7. The molecule has 1 atom stereocenters. The van der Waals surface area contributed by atoms with Crippen LogP contribution in [-0.2, 0) is 20.9 Å². The molecule has 2 N–H and O–H groups in total. The second-order valence-electron chi connectivity index (χ2n) is 9.90. The Balaban J connectivity index is 1.55. The van der Waals surface area contributed by atoms with Crippen LogP contribution in [0.4, 0.5) is 4.79 Å². The number of ether oxygens (including phenoxy) is 1. The van der Waals surface area contributed by atoms with Crippen LogP contribution in [-0.4, -0.2) is 51.7 Å². The van der Waals surface area contributed by atoms with Crippen molar-refractivity contribution in [1.82, 2.24) is 15.2 Å². The van der Waals surface area contributed by atoms with Crippen LogP contribution in [0, 0.1) is 17.8 Å². The summed E-state index contributed by atoms with van der Waals surface area (Å²) in [5.41, 5.74) is 0.468. The molecular weight excluding hydrogens is 410 g/mol. The fourth-order valence-corrected chi connectivity index (χ4v) is 6.54. The third kappa shape index (κ3) is 5.05. The summed E-state index contributed by atoms with van der Waals surface area (Å²) >= 11 is 0. The van der Waals surface area contributed by atoms with E-state index in [0.717, 1.165) is 19.3 Å². The van der Waals surface area contributed by atoms with Crippen LogP contribution in [0.1, 0.15) is 63.5 Å². The highest BCUT2D eigenvalue weighted by atomic mass is 16.5. The average Bonchev–Trinajstić information content (AvgIpc) is 2.74. The van der Waals surface area contributed by atoms with E-state index < -0.39 is 18.0 Å². The van der Waals surface area contributed by atoms with Crippen LogP contribution in [0.2, 0.25) is 0 Å². The van der Waals surface area contributed by atoms with Crippen molar-refractivity contribution in [2.24, 2.45) is 17.8 Å². The van der Waals surface area contributed by atoms with Gasteiger partial charge < -0.3 is 20.1 Å². The van der Waals surface area contributed by atoms with E-state index in [1.54, 1.807) is 12.3 Å². The summed E-state index contributed by atoms with van der Waals surface area (Å²) in [7, 11) is 1.29. The number of methoxy groups -OCH3 is 1. The molecule has 4 bridgehead atoms. The third-order valence-corrected chi connectivity index (χ3v) is 7.45. The number of esters is 1.